The Labute approximate surface area is 163 Å². The number of anilines is 2. The molecule has 0 aliphatic heterocycles. The van der Waals surface area contributed by atoms with Crippen molar-refractivity contribution in [2.45, 2.75) is 19.2 Å². The monoisotopic (exact) mass is 424 g/mol. The van der Waals surface area contributed by atoms with Crippen molar-refractivity contribution in [2.75, 3.05) is 25.2 Å². The molecule has 5 nitrogen and oxygen atoms in total. The van der Waals surface area contributed by atoms with E-state index in [1.165, 1.54) is 45.3 Å². The van der Waals surface area contributed by atoms with E-state index in [9.17, 15) is 26.3 Å². The minimum atomic E-state index is -4.48. The Kier molecular flexibility index (Phi) is 8.07. The normalized spacial score (nSPS) is 11.2. The molecule has 0 atom stereocenters. The Balaban J connectivity index is 0.000000296. The van der Waals surface area contributed by atoms with E-state index in [4.69, 9.17) is 10.8 Å². The number of methoxy groups -OCH3 is 2. The van der Waals surface area contributed by atoms with Crippen molar-refractivity contribution in [3.05, 3.63) is 47.5 Å². The van der Waals surface area contributed by atoms with E-state index in [-0.39, 0.29) is 22.9 Å². The van der Waals surface area contributed by atoms with Gasteiger partial charge >= 0.3 is 19.4 Å². The highest BCUT2D eigenvalue weighted by molar-refractivity contribution is 6.52. The smallest absolute Gasteiger partial charge is 0.420 e. The Hall–Kier alpha value is -2.76. The maximum Gasteiger partial charge on any atom is 0.420 e. The van der Waals surface area contributed by atoms with E-state index < -0.39 is 30.5 Å². The van der Waals surface area contributed by atoms with Crippen LogP contribution in [0.3, 0.4) is 0 Å². The SMILES string of the molecule is COc1ccc(N)cc1C(F)(F)F.COc1ccc(NB(C)O)cc1C(F)(F)F. The van der Waals surface area contributed by atoms with Crippen LogP contribution in [0.5, 0.6) is 11.5 Å². The molecule has 12 heteroatoms. The van der Waals surface area contributed by atoms with E-state index in [2.05, 4.69) is 14.7 Å². The van der Waals surface area contributed by atoms with Crippen LogP contribution in [0.1, 0.15) is 11.1 Å². The van der Waals surface area contributed by atoms with Crippen LogP contribution in [0.25, 0.3) is 0 Å². The van der Waals surface area contributed by atoms with Crippen molar-refractivity contribution in [1.29, 1.82) is 0 Å². The second kappa shape index (κ2) is 9.63. The Bertz CT molecular complexity index is 813. The summed E-state index contributed by atoms with van der Waals surface area (Å²) in [5.41, 5.74) is 3.74. The number of halogens is 6. The minimum absolute atomic E-state index is 0.0631. The summed E-state index contributed by atoms with van der Waals surface area (Å²) in [5.74, 6) is -0.467. The zero-order valence-corrected chi connectivity index (χ0v) is 15.7. The molecule has 0 saturated heterocycles. The second-order valence-electron chi connectivity index (χ2n) is 5.69. The molecule has 29 heavy (non-hydrogen) atoms. The second-order valence-corrected chi connectivity index (χ2v) is 5.69. The highest BCUT2D eigenvalue weighted by atomic mass is 19.4. The van der Waals surface area contributed by atoms with Crippen molar-refractivity contribution >= 4 is 18.4 Å². The summed E-state index contributed by atoms with van der Waals surface area (Å²) in [6.45, 7) is 1.41. The number of hydrogen-bond acceptors (Lipinski definition) is 5. The molecule has 160 valence electrons. The summed E-state index contributed by atoms with van der Waals surface area (Å²) in [6.07, 6.45) is -8.91. The first-order valence-corrected chi connectivity index (χ1v) is 8.00. The summed E-state index contributed by atoms with van der Waals surface area (Å²) in [5, 5.41) is 11.5. The standard InChI is InChI=1S/C9H11BF3NO2.C8H8F3NO/c1-10(15)14-6-3-4-8(16-2)7(5-6)9(11,12)13;1-13-7-3-2-5(12)4-6(7)8(9,10)11/h3-5,14-15H,1-2H3;2-4H,12H2,1H3. The van der Waals surface area contributed by atoms with Crippen molar-refractivity contribution in [2.24, 2.45) is 0 Å². The molecule has 2 aromatic carbocycles. The van der Waals surface area contributed by atoms with E-state index in [1.807, 2.05) is 0 Å². The molecule has 0 aliphatic rings. The topological polar surface area (TPSA) is 76.7 Å². The molecule has 0 bridgehead atoms. The quantitative estimate of drug-likeness (QED) is 0.382. The lowest BCUT2D eigenvalue weighted by molar-refractivity contribution is -0.139. The van der Waals surface area contributed by atoms with Gasteiger partial charge in [0.1, 0.15) is 11.5 Å². The van der Waals surface area contributed by atoms with Crippen LogP contribution < -0.4 is 20.4 Å². The molecule has 0 radical (unpaired) electrons. The maximum absolute atomic E-state index is 12.6. The molecular weight excluding hydrogens is 405 g/mol. The Morgan fingerprint density at radius 2 is 1.31 bits per heavy atom. The number of benzene rings is 2. The van der Waals surface area contributed by atoms with E-state index >= 15 is 0 Å². The molecule has 0 fully saturated rings. The zero-order valence-electron chi connectivity index (χ0n) is 15.7. The van der Waals surface area contributed by atoms with Crippen LogP contribution in [0.4, 0.5) is 37.7 Å². The van der Waals surface area contributed by atoms with E-state index in [0.29, 0.717) is 0 Å². The number of nitrogen functional groups attached to an aromatic ring is 1. The summed E-state index contributed by atoms with van der Waals surface area (Å²) >= 11 is 0. The van der Waals surface area contributed by atoms with Gasteiger partial charge in [0.05, 0.1) is 25.3 Å². The van der Waals surface area contributed by atoms with Crippen molar-refractivity contribution in [1.82, 2.24) is 0 Å². The fourth-order valence-corrected chi connectivity index (χ4v) is 2.21. The molecule has 0 heterocycles. The number of nitrogens with two attached hydrogens (primary N) is 1. The van der Waals surface area contributed by atoms with E-state index in [1.54, 1.807) is 0 Å². The number of hydrogen-bond donors (Lipinski definition) is 3. The van der Waals surface area contributed by atoms with Gasteiger partial charge in [-0.1, -0.05) is 0 Å². The van der Waals surface area contributed by atoms with Gasteiger partial charge < -0.3 is 25.5 Å². The lowest BCUT2D eigenvalue weighted by Crippen LogP contribution is -2.20. The lowest BCUT2D eigenvalue weighted by Gasteiger charge is -2.14. The van der Waals surface area contributed by atoms with Gasteiger partial charge in [-0.2, -0.15) is 26.3 Å². The molecule has 4 N–H and O–H groups in total. The van der Waals surface area contributed by atoms with Gasteiger partial charge in [0.25, 0.3) is 0 Å². The molecule has 2 aromatic rings. The van der Waals surface area contributed by atoms with Crippen molar-refractivity contribution in [3.8, 4) is 11.5 Å². The molecule has 2 rings (SSSR count). The van der Waals surface area contributed by atoms with Crippen molar-refractivity contribution < 1.29 is 40.8 Å². The largest absolute Gasteiger partial charge is 0.496 e. The summed E-state index contributed by atoms with van der Waals surface area (Å²) < 4.78 is 83.8. The van der Waals surface area contributed by atoms with Crippen LogP contribution in [0.2, 0.25) is 6.82 Å². The third kappa shape index (κ3) is 7.29. The zero-order chi connectivity index (χ0) is 22.4. The lowest BCUT2D eigenvalue weighted by atomic mass is 9.88. The minimum Gasteiger partial charge on any atom is -0.496 e. The summed E-state index contributed by atoms with van der Waals surface area (Å²) in [7, 11) is 1.43. The fraction of sp³-hybridized carbons (Fsp3) is 0.294. The fourth-order valence-electron chi connectivity index (χ4n) is 2.21. The molecule has 0 unspecified atom stereocenters. The Morgan fingerprint density at radius 3 is 1.72 bits per heavy atom. The summed E-state index contributed by atoms with van der Waals surface area (Å²) in [6, 6.07) is 6.89. The third-order valence-corrected chi connectivity index (χ3v) is 3.41. The average molecular weight is 424 g/mol. The van der Waals surface area contributed by atoms with Gasteiger partial charge in [0.2, 0.25) is 0 Å². The summed E-state index contributed by atoms with van der Waals surface area (Å²) in [4.78, 5) is 0. The maximum atomic E-state index is 12.6. The number of rotatable bonds is 4. The first-order chi connectivity index (χ1) is 13.3. The number of ether oxygens (including phenoxy) is 2. The Morgan fingerprint density at radius 1 is 0.862 bits per heavy atom. The van der Waals surface area contributed by atoms with Gasteiger partial charge in [-0.05, 0) is 43.2 Å². The number of nitrogens with one attached hydrogen (secondary N) is 1. The molecule has 0 saturated carbocycles. The van der Waals surface area contributed by atoms with Gasteiger partial charge in [-0.3, -0.25) is 0 Å². The van der Waals surface area contributed by atoms with Gasteiger partial charge in [-0.25, -0.2) is 0 Å². The number of alkyl halides is 6. The highest BCUT2D eigenvalue weighted by Crippen LogP contribution is 2.38. The van der Waals surface area contributed by atoms with Crippen LogP contribution in [-0.4, -0.2) is 26.3 Å². The first-order valence-electron chi connectivity index (χ1n) is 8.00. The van der Waals surface area contributed by atoms with Crippen LogP contribution in [-0.2, 0) is 12.4 Å². The van der Waals surface area contributed by atoms with Gasteiger partial charge in [0.15, 0.2) is 0 Å². The molecule has 0 aliphatic carbocycles. The molecule has 0 spiro atoms. The average Bonchev–Trinajstić information content (AvgIpc) is 2.60. The van der Waals surface area contributed by atoms with E-state index in [0.717, 1.165) is 12.1 Å². The van der Waals surface area contributed by atoms with Crippen LogP contribution in [0, 0.1) is 0 Å². The predicted octanol–water partition coefficient (Wildman–Crippen LogP) is 4.53. The molecular formula is C17H19BF6N2O3. The molecule has 0 aromatic heterocycles. The third-order valence-electron chi connectivity index (χ3n) is 3.41. The highest BCUT2D eigenvalue weighted by Gasteiger charge is 2.35. The van der Waals surface area contributed by atoms with Gasteiger partial charge in [-0.15, -0.1) is 0 Å². The van der Waals surface area contributed by atoms with Crippen LogP contribution >= 0.6 is 0 Å². The first kappa shape index (κ1) is 24.3. The predicted molar refractivity (Wildman–Crippen MR) is 97.9 cm³/mol. The molecule has 0 amide bonds. The van der Waals surface area contributed by atoms with Gasteiger partial charge in [0, 0.05) is 11.4 Å². The van der Waals surface area contributed by atoms with Crippen molar-refractivity contribution in [3.63, 3.8) is 0 Å². The van der Waals surface area contributed by atoms with Crippen LogP contribution in [0.15, 0.2) is 36.4 Å².